The van der Waals surface area contributed by atoms with Crippen molar-refractivity contribution in [2.45, 2.75) is 13.0 Å². The molecule has 43 heavy (non-hydrogen) atoms. The van der Waals surface area contributed by atoms with E-state index in [1.54, 1.807) is 43.3 Å². The van der Waals surface area contributed by atoms with Crippen LogP contribution in [0.1, 0.15) is 34.6 Å². The fourth-order valence-corrected chi connectivity index (χ4v) is 5.77. The van der Waals surface area contributed by atoms with Crippen LogP contribution in [-0.2, 0) is 9.53 Å². The third kappa shape index (κ3) is 5.68. The van der Waals surface area contributed by atoms with Crippen LogP contribution in [0, 0.1) is 0 Å². The number of nitrogens with zero attached hydrogens (tertiary/aromatic N) is 2. The summed E-state index contributed by atoms with van der Waals surface area (Å²) < 4.78 is 23.4. The van der Waals surface area contributed by atoms with Crippen LogP contribution in [0.2, 0.25) is 0 Å². The van der Waals surface area contributed by atoms with Gasteiger partial charge in [-0.15, -0.1) is 0 Å². The number of methoxy groups -OCH3 is 1. The molecule has 0 aliphatic carbocycles. The third-order valence-electron chi connectivity index (χ3n) is 6.69. The number of allylic oxidation sites excluding steroid dienone is 1. The van der Waals surface area contributed by atoms with Crippen molar-refractivity contribution in [3.63, 3.8) is 0 Å². The highest BCUT2D eigenvalue weighted by Gasteiger charge is 2.33. The Labute approximate surface area is 249 Å². The number of benzene rings is 3. The largest absolute Gasteiger partial charge is 0.466 e. The number of hydrogen-bond acceptors (Lipinski definition) is 9. The standard InChI is InChI=1S/C33H24N2O7S/c1-20-28(32(38)39-2)29(22-13-15-24(16-14-22)42-31(37)26-12-7-17-40-26)35-30(36)27(43-33(35)34-20)19-21-8-6-11-25(18-21)41-23-9-4-3-5-10-23/h3-19,29H,1-2H3/b27-19+. The van der Waals surface area contributed by atoms with E-state index >= 15 is 0 Å². The number of esters is 2. The van der Waals surface area contributed by atoms with E-state index in [0.717, 1.165) is 5.56 Å². The van der Waals surface area contributed by atoms with Crippen molar-refractivity contribution in [1.82, 2.24) is 4.57 Å². The third-order valence-corrected chi connectivity index (χ3v) is 7.67. The minimum Gasteiger partial charge on any atom is -0.466 e. The highest BCUT2D eigenvalue weighted by molar-refractivity contribution is 7.07. The molecule has 5 aromatic rings. The van der Waals surface area contributed by atoms with E-state index in [9.17, 15) is 14.4 Å². The summed E-state index contributed by atoms with van der Waals surface area (Å²) in [5.74, 6) is 0.429. The summed E-state index contributed by atoms with van der Waals surface area (Å²) in [5.41, 5.74) is 1.74. The molecule has 9 nitrogen and oxygen atoms in total. The number of carbonyl (C=O) groups is 2. The average molecular weight is 593 g/mol. The lowest BCUT2D eigenvalue weighted by atomic mass is 9.96. The van der Waals surface area contributed by atoms with Gasteiger partial charge in [0.2, 0.25) is 5.76 Å². The Balaban J connectivity index is 1.38. The maximum Gasteiger partial charge on any atom is 0.379 e. The molecule has 10 heteroatoms. The molecule has 6 rings (SSSR count). The molecule has 0 spiro atoms. The van der Waals surface area contributed by atoms with Crippen LogP contribution in [-0.4, -0.2) is 23.6 Å². The average Bonchev–Trinajstić information content (AvgIpc) is 3.66. The molecule has 2 aromatic heterocycles. The van der Waals surface area contributed by atoms with Crippen LogP contribution in [0.4, 0.5) is 0 Å². The van der Waals surface area contributed by atoms with E-state index in [4.69, 9.17) is 18.6 Å². The van der Waals surface area contributed by atoms with Crippen molar-refractivity contribution in [1.29, 1.82) is 0 Å². The first-order chi connectivity index (χ1) is 20.9. The zero-order valence-corrected chi connectivity index (χ0v) is 23.9. The Kier molecular flexibility index (Phi) is 7.59. The highest BCUT2D eigenvalue weighted by Crippen LogP contribution is 2.32. The van der Waals surface area contributed by atoms with Crippen molar-refractivity contribution in [3.8, 4) is 17.2 Å². The second-order valence-electron chi connectivity index (χ2n) is 9.50. The van der Waals surface area contributed by atoms with Gasteiger partial charge in [0.05, 0.1) is 35.2 Å². The van der Waals surface area contributed by atoms with E-state index in [0.29, 0.717) is 32.1 Å². The van der Waals surface area contributed by atoms with Crippen LogP contribution in [0.5, 0.6) is 17.2 Å². The fraction of sp³-hybridized carbons (Fsp3) is 0.0909. The molecular formula is C33H24N2O7S. The second-order valence-corrected chi connectivity index (χ2v) is 10.5. The topological polar surface area (TPSA) is 109 Å². The van der Waals surface area contributed by atoms with E-state index < -0.39 is 18.0 Å². The van der Waals surface area contributed by atoms with Gasteiger partial charge in [-0.25, -0.2) is 14.6 Å². The summed E-state index contributed by atoms with van der Waals surface area (Å²) in [6.45, 7) is 1.71. The predicted octanol–water partition coefficient (Wildman–Crippen LogP) is 5.01. The second kappa shape index (κ2) is 11.8. The van der Waals surface area contributed by atoms with Gasteiger partial charge >= 0.3 is 11.9 Å². The smallest absolute Gasteiger partial charge is 0.379 e. The molecular weight excluding hydrogens is 568 g/mol. The molecule has 3 aromatic carbocycles. The maximum atomic E-state index is 13.9. The zero-order chi connectivity index (χ0) is 29.9. The summed E-state index contributed by atoms with van der Waals surface area (Å²) >= 11 is 1.22. The van der Waals surface area contributed by atoms with Gasteiger partial charge in [0.15, 0.2) is 4.80 Å². The minimum absolute atomic E-state index is 0.0694. The van der Waals surface area contributed by atoms with Gasteiger partial charge in [-0.3, -0.25) is 9.36 Å². The summed E-state index contributed by atoms with van der Waals surface area (Å²) in [5, 5.41) is 0. The number of para-hydroxylation sites is 1. The number of carbonyl (C=O) groups excluding carboxylic acids is 2. The van der Waals surface area contributed by atoms with Crippen LogP contribution < -0.4 is 24.4 Å². The molecule has 0 fully saturated rings. The fourth-order valence-electron chi connectivity index (χ4n) is 4.72. The van der Waals surface area contributed by atoms with Crippen molar-refractivity contribution in [3.05, 3.63) is 145 Å². The number of ether oxygens (including phenoxy) is 3. The zero-order valence-electron chi connectivity index (χ0n) is 23.1. The molecule has 1 aliphatic rings. The van der Waals surface area contributed by atoms with Gasteiger partial charge in [-0.05, 0) is 72.7 Å². The predicted molar refractivity (Wildman–Crippen MR) is 159 cm³/mol. The molecule has 0 amide bonds. The van der Waals surface area contributed by atoms with Crippen molar-refractivity contribution in [2.75, 3.05) is 7.11 Å². The summed E-state index contributed by atoms with van der Waals surface area (Å²) in [6, 6.07) is 25.7. The Hall–Kier alpha value is -5.48. The molecule has 1 aliphatic heterocycles. The van der Waals surface area contributed by atoms with Crippen molar-refractivity contribution < 1.29 is 28.2 Å². The maximum absolute atomic E-state index is 13.9. The normalized spacial score (nSPS) is 14.6. The lowest BCUT2D eigenvalue weighted by Crippen LogP contribution is -2.39. The quantitative estimate of drug-likeness (QED) is 0.193. The Morgan fingerprint density at radius 2 is 1.67 bits per heavy atom. The van der Waals surface area contributed by atoms with Crippen LogP contribution in [0.15, 0.2) is 123 Å². The molecule has 1 atom stereocenters. The minimum atomic E-state index is -0.812. The number of furan rings is 1. The SMILES string of the molecule is COC(=O)C1=C(C)N=c2s/c(=C/c3cccc(Oc4ccccc4)c3)c(=O)n2C1c1ccc(OC(=O)c2ccco2)cc1. The van der Waals surface area contributed by atoms with Crippen molar-refractivity contribution in [2.24, 2.45) is 4.99 Å². The number of thiazole rings is 1. The molecule has 0 bridgehead atoms. The van der Waals surface area contributed by atoms with Gasteiger partial charge in [-0.1, -0.05) is 53.8 Å². The van der Waals surface area contributed by atoms with Gasteiger partial charge in [0.25, 0.3) is 5.56 Å². The van der Waals surface area contributed by atoms with E-state index in [-0.39, 0.29) is 22.6 Å². The van der Waals surface area contributed by atoms with E-state index in [1.807, 2.05) is 54.6 Å². The first-order valence-corrected chi connectivity index (χ1v) is 14.0. The first-order valence-electron chi connectivity index (χ1n) is 13.2. The molecule has 0 saturated heterocycles. The summed E-state index contributed by atoms with van der Waals surface area (Å²) in [4.78, 5) is 44.2. The van der Waals surface area contributed by atoms with Crippen molar-refractivity contribution >= 4 is 29.4 Å². The molecule has 214 valence electrons. The molecule has 0 N–H and O–H groups in total. The Bertz CT molecular complexity index is 2020. The highest BCUT2D eigenvalue weighted by atomic mass is 32.1. The number of aromatic nitrogens is 1. The Morgan fingerprint density at radius 3 is 2.40 bits per heavy atom. The van der Waals surface area contributed by atoms with Gasteiger partial charge in [0.1, 0.15) is 17.2 Å². The first kappa shape index (κ1) is 27.7. The summed E-state index contributed by atoms with van der Waals surface area (Å²) in [7, 11) is 1.28. The molecule has 0 radical (unpaired) electrons. The number of rotatable bonds is 7. The van der Waals surface area contributed by atoms with Gasteiger partial charge in [0, 0.05) is 0 Å². The molecule has 1 unspecified atom stereocenters. The number of hydrogen-bond donors (Lipinski definition) is 0. The molecule has 0 saturated carbocycles. The Morgan fingerprint density at radius 1 is 0.907 bits per heavy atom. The lowest BCUT2D eigenvalue weighted by Gasteiger charge is -2.24. The van der Waals surface area contributed by atoms with Crippen LogP contribution in [0.3, 0.4) is 0 Å². The monoisotopic (exact) mass is 592 g/mol. The number of fused-ring (bicyclic) bond motifs is 1. The van der Waals surface area contributed by atoms with E-state index in [1.165, 1.54) is 35.3 Å². The van der Waals surface area contributed by atoms with Gasteiger partial charge in [-0.2, -0.15) is 0 Å². The van der Waals surface area contributed by atoms with Crippen LogP contribution in [0.25, 0.3) is 6.08 Å². The van der Waals surface area contributed by atoms with E-state index in [2.05, 4.69) is 4.99 Å². The lowest BCUT2D eigenvalue weighted by molar-refractivity contribution is -0.136. The van der Waals surface area contributed by atoms with Crippen LogP contribution >= 0.6 is 11.3 Å². The summed E-state index contributed by atoms with van der Waals surface area (Å²) in [6.07, 6.45) is 3.15. The molecule has 3 heterocycles. The van der Waals surface area contributed by atoms with Gasteiger partial charge < -0.3 is 18.6 Å².